The molecule has 4 aromatic rings. The molecule has 4 rings (SSSR count). The zero-order valence-electron chi connectivity index (χ0n) is 16.4. The minimum Gasteiger partial charge on any atom is -0.361 e. The second-order valence-electron chi connectivity index (χ2n) is 7.42. The molecule has 0 aliphatic rings. The Kier molecular flexibility index (Phi) is 4.84. The molecule has 0 radical (unpaired) electrons. The first-order valence-corrected chi connectivity index (χ1v) is 9.48. The summed E-state index contributed by atoms with van der Waals surface area (Å²) in [6.07, 6.45) is 3.55. The topological polar surface area (TPSA) is 64.2 Å². The first-order chi connectivity index (χ1) is 13.5. The monoisotopic (exact) mass is 372 g/mol. The van der Waals surface area contributed by atoms with Gasteiger partial charge in [-0.15, -0.1) is 0 Å². The molecule has 0 bridgehead atoms. The molecule has 0 amide bonds. The summed E-state index contributed by atoms with van der Waals surface area (Å²) < 4.78 is 0. The van der Waals surface area contributed by atoms with Gasteiger partial charge in [0.1, 0.15) is 0 Å². The maximum atomic E-state index is 12.5. The molecule has 5 heteroatoms. The van der Waals surface area contributed by atoms with Crippen molar-refractivity contribution in [3.05, 3.63) is 76.2 Å². The fourth-order valence-corrected chi connectivity index (χ4v) is 3.32. The Hall–Kier alpha value is -3.18. The number of aromatic amines is 2. The molecule has 2 N–H and O–H groups in total. The van der Waals surface area contributed by atoms with E-state index < -0.39 is 0 Å². The lowest BCUT2D eigenvalue weighted by Gasteiger charge is -2.20. The molecule has 2 aromatic carbocycles. The first-order valence-electron chi connectivity index (χ1n) is 9.48. The van der Waals surface area contributed by atoms with Gasteiger partial charge in [-0.25, -0.2) is 0 Å². The van der Waals surface area contributed by atoms with Crippen LogP contribution in [0.15, 0.2) is 64.5 Å². The normalized spacial score (nSPS) is 12.2. The predicted octanol–water partition coefficient (Wildman–Crippen LogP) is 4.60. The maximum absolute atomic E-state index is 12.5. The van der Waals surface area contributed by atoms with Crippen LogP contribution >= 0.6 is 0 Å². The Balaban J connectivity index is 1.66. The van der Waals surface area contributed by atoms with Crippen molar-refractivity contribution >= 4 is 33.7 Å². The van der Waals surface area contributed by atoms with Crippen LogP contribution in [0, 0.1) is 0 Å². The molecule has 0 spiro atoms. The lowest BCUT2D eigenvalue weighted by molar-refractivity contribution is 0.266. The third-order valence-corrected chi connectivity index (χ3v) is 5.20. The van der Waals surface area contributed by atoms with Gasteiger partial charge in [-0.2, -0.15) is 0 Å². The number of fused-ring (bicyclic) bond motifs is 3. The summed E-state index contributed by atoms with van der Waals surface area (Å²) in [4.78, 5) is 25.5. The van der Waals surface area contributed by atoms with E-state index in [9.17, 15) is 4.79 Å². The van der Waals surface area contributed by atoms with E-state index in [0.717, 1.165) is 34.0 Å². The summed E-state index contributed by atoms with van der Waals surface area (Å²) in [5.41, 5.74) is 4.35. The van der Waals surface area contributed by atoms with Crippen molar-refractivity contribution in [1.82, 2.24) is 14.9 Å². The minimum atomic E-state index is -0.120. The summed E-state index contributed by atoms with van der Waals surface area (Å²) in [5.74, 6) is 0. The van der Waals surface area contributed by atoms with Gasteiger partial charge >= 0.3 is 0 Å². The molecule has 0 aliphatic carbocycles. The number of pyridine rings is 1. The van der Waals surface area contributed by atoms with Crippen LogP contribution in [-0.2, 0) is 6.54 Å². The van der Waals surface area contributed by atoms with Crippen LogP contribution in [0.2, 0.25) is 0 Å². The van der Waals surface area contributed by atoms with Gasteiger partial charge in [-0.3, -0.25) is 14.7 Å². The lowest BCUT2D eigenvalue weighted by Crippen LogP contribution is -2.25. The standard InChI is InChI=1S/C23H24N4O/c1-15(2)27(3)14-16-6-8-17(9-7-16)25-13-19-22-18-5-4-12-24-20(18)10-11-21(22)26-23(19)28/h4-13,15,24H,14H2,1-3H3,(H,26,28). The molecule has 2 heterocycles. The Morgan fingerprint density at radius 1 is 1.07 bits per heavy atom. The van der Waals surface area contributed by atoms with Crippen LogP contribution in [0.25, 0.3) is 21.8 Å². The highest BCUT2D eigenvalue weighted by atomic mass is 16.1. The van der Waals surface area contributed by atoms with Crippen molar-refractivity contribution in [3.8, 4) is 0 Å². The van der Waals surface area contributed by atoms with E-state index in [1.807, 2.05) is 42.6 Å². The number of benzene rings is 2. The average Bonchev–Trinajstić information content (AvgIpc) is 3.03. The van der Waals surface area contributed by atoms with Gasteiger partial charge in [0.2, 0.25) is 0 Å². The predicted molar refractivity (Wildman–Crippen MR) is 117 cm³/mol. The molecule has 2 aromatic heterocycles. The summed E-state index contributed by atoms with van der Waals surface area (Å²) in [6.45, 7) is 5.26. The molecule has 0 fully saturated rings. The first kappa shape index (κ1) is 18.2. The number of aromatic nitrogens is 2. The fourth-order valence-electron chi connectivity index (χ4n) is 3.32. The van der Waals surface area contributed by atoms with Gasteiger partial charge in [-0.1, -0.05) is 18.2 Å². The van der Waals surface area contributed by atoms with E-state index >= 15 is 0 Å². The van der Waals surface area contributed by atoms with E-state index in [1.165, 1.54) is 5.56 Å². The number of nitrogens with zero attached hydrogens (tertiary/aromatic N) is 2. The van der Waals surface area contributed by atoms with Crippen LogP contribution < -0.4 is 5.56 Å². The Morgan fingerprint density at radius 2 is 1.82 bits per heavy atom. The Labute approximate surface area is 163 Å². The Bertz CT molecular complexity index is 1200. The van der Waals surface area contributed by atoms with Crippen LogP contribution in [0.3, 0.4) is 0 Å². The minimum absolute atomic E-state index is 0.120. The molecule has 0 saturated heterocycles. The van der Waals surface area contributed by atoms with Crippen LogP contribution in [-0.4, -0.2) is 34.2 Å². The van der Waals surface area contributed by atoms with Gasteiger partial charge in [0.05, 0.1) is 11.3 Å². The molecular formula is C23H24N4O. The van der Waals surface area contributed by atoms with Crippen molar-refractivity contribution in [2.45, 2.75) is 26.4 Å². The SMILES string of the molecule is CC(C)N(C)Cc1ccc(N=Cc2c(=O)[nH]c3ccc4[nH]cccc4c23)cc1. The van der Waals surface area contributed by atoms with Gasteiger partial charge in [0.25, 0.3) is 5.56 Å². The van der Waals surface area contributed by atoms with Gasteiger partial charge in [0.15, 0.2) is 0 Å². The van der Waals surface area contributed by atoms with Crippen molar-refractivity contribution in [3.63, 3.8) is 0 Å². The zero-order chi connectivity index (χ0) is 19.7. The number of nitrogens with one attached hydrogen (secondary N) is 2. The van der Waals surface area contributed by atoms with Crippen molar-refractivity contribution in [2.24, 2.45) is 4.99 Å². The van der Waals surface area contributed by atoms with E-state index in [1.54, 1.807) is 6.21 Å². The van der Waals surface area contributed by atoms with Gasteiger partial charge in [-0.05, 0) is 56.8 Å². The molecular weight excluding hydrogens is 348 g/mol. The maximum Gasteiger partial charge on any atom is 0.257 e. The van der Waals surface area contributed by atoms with Crippen LogP contribution in [0.1, 0.15) is 25.0 Å². The summed E-state index contributed by atoms with van der Waals surface area (Å²) in [6, 6.07) is 16.5. The smallest absolute Gasteiger partial charge is 0.257 e. The quantitative estimate of drug-likeness (QED) is 0.503. The average molecular weight is 372 g/mol. The van der Waals surface area contributed by atoms with Gasteiger partial charge < -0.3 is 9.97 Å². The highest BCUT2D eigenvalue weighted by Gasteiger charge is 2.11. The highest BCUT2D eigenvalue weighted by molar-refractivity contribution is 6.13. The summed E-state index contributed by atoms with van der Waals surface area (Å²) in [5, 5.41) is 1.91. The largest absolute Gasteiger partial charge is 0.361 e. The van der Waals surface area contributed by atoms with Crippen molar-refractivity contribution in [2.75, 3.05) is 7.05 Å². The lowest BCUT2D eigenvalue weighted by atomic mass is 10.1. The molecule has 0 unspecified atom stereocenters. The third kappa shape index (κ3) is 3.49. The van der Waals surface area contributed by atoms with Crippen molar-refractivity contribution in [1.29, 1.82) is 0 Å². The fraction of sp³-hybridized carbons (Fsp3) is 0.217. The van der Waals surface area contributed by atoms with E-state index in [2.05, 4.69) is 52.9 Å². The van der Waals surface area contributed by atoms with Crippen molar-refractivity contribution < 1.29 is 0 Å². The number of aliphatic imine (C=N–C) groups is 1. The van der Waals surface area contributed by atoms with E-state index in [0.29, 0.717) is 11.6 Å². The summed E-state index contributed by atoms with van der Waals surface area (Å²) in [7, 11) is 2.12. The number of hydrogen-bond acceptors (Lipinski definition) is 3. The second-order valence-corrected chi connectivity index (χ2v) is 7.42. The molecule has 0 aliphatic heterocycles. The Morgan fingerprint density at radius 3 is 2.57 bits per heavy atom. The zero-order valence-corrected chi connectivity index (χ0v) is 16.4. The number of H-pyrrole nitrogens is 2. The number of hydrogen-bond donors (Lipinski definition) is 2. The number of rotatable bonds is 5. The highest BCUT2D eigenvalue weighted by Crippen LogP contribution is 2.24. The van der Waals surface area contributed by atoms with Crippen LogP contribution in [0.4, 0.5) is 5.69 Å². The molecule has 28 heavy (non-hydrogen) atoms. The third-order valence-electron chi connectivity index (χ3n) is 5.20. The summed E-state index contributed by atoms with van der Waals surface area (Å²) >= 11 is 0. The molecule has 0 atom stereocenters. The second kappa shape index (κ2) is 7.44. The van der Waals surface area contributed by atoms with E-state index in [4.69, 9.17) is 0 Å². The van der Waals surface area contributed by atoms with Crippen LogP contribution in [0.5, 0.6) is 0 Å². The van der Waals surface area contributed by atoms with Gasteiger partial charge in [0, 0.05) is 46.8 Å². The molecule has 5 nitrogen and oxygen atoms in total. The van der Waals surface area contributed by atoms with E-state index in [-0.39, 0.29) is 5.56 Å². The molecule has 142 valence electrons. The molecule has 0 saturated carbocycles.